The first-order valence-corrected chi connectivity index (χ1v) is 7.93. The summed E-state index contributed by atoms with van der Waals surface area (Å²) in [6.07, 6.45) is 0.271. The van der Waals surface area contributed by atoms with E-state index in [2.05, 4.69) is 10.3 Å². The van der Waals surface area contributed by atoms with Crippen molar-refractivity contribution in [3.63, 3.8) is 0 Å². The Labute approximate surface area is 134 Å². The lowest BCUT2D eigenvalue weighted by Crippen LogP contribution is -2.35. The highest BCUT2D eigenvalue weighted by molar-refractivity contribution is 7.09. The molecular weight excluding hydrogens is 301 g/mol. The molecule has 0 bridgehead atoms. The Hall–Kier alpha value is -1.79. The van der Waals surface area contributed by atoms with Gasteiger partial charge in [0.2, 0.25) is 5.91 Å². The number of carbonyl (C=O) groups excluding carboxylic acids is 1. The van der Waals surface area contributed by atoms with Crippen LogP contribution in [0.3, 0.4) is 0 Å². The number of carbonyl (C=O) groups is 1. The van der Waals surface area contributed by atoms with Crippen molar-refractivity contribution in [2.24, 2.45) is 0 Å². The summed E-state index contributed by atoms with van der Waals surface area (Å²) in [5.74, 6) is -0.345. The largest absolute Gasteiger partial charge is 0.354 e. The van der Waals surface area contributed by atoms with Crippen LogP contribution in [0, 0.1) is 12.7 Å². The van der Waals surface area contributed by atoms with E-state index in [1.165, 1.54) is 23.5 Å². The molecule has 0 aliphatic heterocycles. The van der Waals surface area contributed by atoms with Crippen LogP contribution in [0.2, 0.25) is 0 Å². The molecule has 2 aromatic rings. The molecule has 1 N–H and O–H groups in total. The van der Waals surface area contributed by atoms with Crippen LogP contribution >= 0.6 is 11.3 Å². The van der Waals surface area contributed by atoms with Gasteiger partial charge in [0.25, 0.3) is 0 Å². The van der Waals surface area contributed by atoms with Crippen molar-refractivity contribution >= 4 is 17.2 Å². The molecule has 22 heavy (non-hydrogen) atoms. The van der Waals surface area contributed by atoms with Crippen LogP contribution in [-0.2, 0) is 11.2 Å². The molecular formula is C16H20FN3OS. The quantitative estimate of drug-likeness (QED) is 0.889. The number of nitrogens with zero attached hydrogens (tertiary/aromatic N) is 2. The number of rotatable bonds is 6. The van der Waals surface area contributed by atoms with Crippen LogP contribution in [0.5, 0.6) is 0 Å². The molecule has 118 valence electrons. The van der Waals surface area contributed by atoms with E-state index in [1.54, 1.807) is 6.07 Å². The summed E-state index contributed by atoms with van der Waals surface area (Å²) in [7, 11) is 3.82. The van der Waals surface area contributed by atoms with Crippen molar-refractivity contribution < 1.29 is 9.18 Å². The normalized spacial score (nSPS) is 12.4. The van der Waals surface area contributed by atoms with Gasteiger partial charge in [-0.1, -0.05) is 12.1 Å². The molecule has 1 unspecified atom stereocenters. The minimum atomic E-state index is -0.270. The van der Waals surface area contributed by atoms with Gasteiger partial charge in [0.15, 0.2) is 0 Å². The number of aryl methyl sites for hydroxylation is 1. The van der Waals surface area contributed by atoms with Gasteiger partial charge in [-0.15, -0.1) is 11.3 Å². The highest BCUT2D eigenvalue weighted by Gasteiger charge is 2.16. The lowest BCUT2D eigenvalue weighted by molar-refractivity contribution is -0.120. The first kappa shape index (κ1) is 16.6. The summed E-state index contributed by atoms with van der Waals surface area (Å²) in [5, 5.41) is 5.75. The molecule has 4 nitrogen and oxygen atoms in total. The zero-order valence-electron chi connectivity index (χ0n) is 13.0. The van der Waals surface area contributed by atoms with Gasteiger partial charge >= 0.3 is 0 Å². The second-order valence-electron chi connectivity index (χ2n) is 5.37. The van der Waals surface area contributed by atoms with Crippen LogP contribution in [0.15, 0.2) is 29.6 Å². The van der Waals surface area contributed by atoms with Crippen molar-refractivity contribution in [3.8, 4) is 0 Å². The van der Waals surface area contributed by atoms with Gasteiger partial charge in [0.1, 0.15) is 5.82 Å². The smallest absolute Gasteiger partial charge is 0.226 e. The lowest BCUT2D eigenvalue weighted by atomic mass is 10.1. The predicted octanol–water partition coefficient (Wildman–Crippen LogP) is 2.55. The topological polar surface area (TPSA) is 45.2 Å². The Morgan fingerprint density at radius 3 is 2.82 bits per heavy atom. The summed E-state index contributed by atoms with van der Waals surface area (Å²) in [6.45, 7) is 2.34. The minimum Gasteiger partial charge on any atom is -0.354 e. The average Bonchev–Trinajstić information content (AvgIpc) is 2.84. The highest BCUT2D eigenvalue weighted by atomic mass is 32.1. The Morgan fingerprint density at radius 1 is 1.45 bits per heavy atom. The number of amides is 1. The molecule has 0 aliphatic carbocycles. The van der Waals surface area contributed by atoms with E-state index >= 15 is 0 Å². The average molecular weight is 321 g/mol. The van der Waals surface area contributed by atoms with Crippen molar-refractivity contribution in [2.45, 2.75) is 19.4 Å². The van der Waals surface area contributed by atoms with Crippen molar-refractivity contribution in [1.82, 2.24) is 15.2 Å². The summed E-state index contributed by atoms with van der Waals surface area (Å²) < 4.78 is 13.4. The molecule has 1 aromatic heterocycles. The third-order valence-corrected chi connectivity index (χ3v) is 4.18. The number of hydrogen-bond acceptors (Lipinski definition) is 4. The fraction of sp³-hybridized carbons (Fsp3) is 0.375. The van der Waals surface area contributed by atoms with Gasteiger partial charge in [0.05, 0.1) is 23.2 Å². The monoisotopic (exact) mass is 321 g/mol. The van der Waals surface area contributed by atoms with Crippen LogP contribution in [-0.4, -0.2) is 36.4 Å². The number of likely N-dealkylation sites (N-methyl/N-ethyl adjacent to an activating group) is 1. The zero-order chi connectivity index (χ0) is 16.1. The molecule has 0 aliphatic rings. The number of hydrogen-bond donors (Lipinski definition) is 1. The molecule has 0 radical (unpaired) electrons. The van der Waals surface area contributed by atoms with Gasteiger partial charge in [-0.05, 0) is 38.7 Å². The summed E-state index contributed by atoms with van der Waals surface area (Å²) >= 11 is 1.53. The van der Waals surface area contributed by atoms with E-state index in [0.29, 0.717) is 6.54 Å². The van der Waals surface area contributed by atoms with E-state index in [9.17, 15) is 9.18 Å². The standard InChI is InChI=1S/C16H20FN3OS/c1-11-19-14(10-22-11)8-16(21)18-9-15(20(2)3)12-5-4-6-13(17)7-12/h4-7,10,15H,8-9H2,1-3H3,(H,18,21). The highest BCUT2D eigenvalue weighted by Crippen LogP contribution is 2.18. The molecule has 2 rings (SSSR count). The van der Waals surface area contributed by atoms with Crippen molar-refractivity contribution in [3.05, 3.63) is 51.7 Å². The van der Waals surface area contributed by atoms with Crippen molar-refractivity contribution in [1.29, 1.82) is 0 Å². The molecule has 0 saturated heterocycles. The number of aromatic nitrogens is 1. The maximum atomic E-state index is 13.4. The Kier molecular flexibility index (Phi) is 5.63. The zero-order valence-corrected chi connectivity index (χ0v) is 13.8. The second-order valence-corrected chi connectivity index (χ2v) is 6.44. The predicted molar refractivity (Wildman–Crippen MR) is 86.4 cm³/mol. The third kappa shape index (κ3) is 4.61. The first-order valence-electron chi connectivity index (χ1n) is 7.05. The van der Waals surface area contributed by atoms with Crippen LogP contribution in [0.25, 0.3) is 0 Å². The van der Waals surface area contributed by atoms with Gasteiger partial charge in [-0.3, -0.25) is 4.79 Å². The molecule has 6 heteroatoms. The number of thiazole rings is 1. The Bertz CT molecular complexity index is 642. The van der Waals surface area contributed by atoms with E-state index in [-0.39, 0.29) is 24.2 Å². The van der Waals surface area contributed by atoms with E-state index in [4.69, 9.17) is 0 Å². The molecule has 0 spiro atoms. The summed E-state index contributed by atoms with van der Waals surface area (Å²) in [6, 6.07) is 6.39. The van der Waals surface area contributed by atoms with Gasteiger partial charge in [-0.25, -0.2) is 9.37 Å². The fourth-order valence-electron chi connectivity index (χ4n) is 2.24. The molecule has 1 aromatic carbocycles. The van der Waals surface area contributed by atoms with Crippen LogP contribution in [0.1, 0.15) is 22.3 Å². The molecule has 0 saturated carbocycles. The molecule has 1 atom stereocenters. The number of benzene rings is 1. The number of halogens is 1. The maximum Gasteiger partial charge on any atom is 0.226 e. The van der Waals surface area contributed by atoms with Gasteiger partial charge in [0, 0.05) is 11.9 Å². The number of nitrogens with one attached hydrogen (secondary N) is 1. The van der Waals surface area contributed by atoms with Gasteiger partial charge in [-0.2, -0.15) is 0 Å². The van der Waals surface area contributed by atoms with Gasteiger partial charge < -0.3 is 10.2 Å². The fourth-order valence-corrected chi connectivity index (χ4v) is 2.85. The third-order valence-electron chi connectivity index (χ3n) is 3.36. The summed E-state index contributed by atoms with van der Waals surface area (Å²) in [5.41, 5.74) is 1.63. The summed E-state index contributed by atoms with van der Waals surface area (Å²) in [4.78, 5) is 18.2. The van der Waals surface area contributed by atoms with Crippen LogP contribution < -0.4 is 5.32 Å². The molecule has 1 amide bonds. The minimum absolute atomic E-state index is 0.0724. The maximum absolute atomic E-state index is 13.4. The first-order chi connectivity index (χ1) is 10.5. The van der Waals surface area contributed by atoms with E-state index in [1.807, 2.05) is 37.4 Å². The van der Waals surface area contributed by atoms with E-state index < -0.39 is 0 Å². The van der Waals surface area contributed by atoms with E-state index in [0.717, 1.165) is 16.3 Å². The second kappa shape index (κ2) is 7.47. The Morgan fingerprint density at radius 2 is 2.23 bits per heavy atom. The molecule has 1 heterocycles. The Balaban J connectivity index is 1.95. The SMILES string of the molecule is Cc1nc(CC(=O)NCC(c2cccc(F)c2)N(C)C)cs1. The van der Waals surface area contributed by atoms with Crippen molar-refractivity contribution in [2.75, 3.05) is 20.6 Å². The van der Waals surface area contributed by atoms with Crippen LogP contribution in [0.4, 0.5) is 4.39 Å². The lowest BCUT2D eigenvalue weighted by Gasteiger charge is -2.25. The molecule has 0 fully saturated rings.